The number of rotatable bonds is 2. The van der Waals surface area contributed by atoms with E-state index in [1.165, 1.54) is 15.6 Å². The van der Waals surface area contributed by atoms with Gasteiger partial charge in [-0.25, -0.2) is 14.0 Å². The highest BCUT2D eigenvalue weighted by Crippen LogP contribution is 2.32. The van der Waals surface area contributed by atoms with Gasteiger partial charge < -0.3 is 15.1 Å². The molecule has 2 N–H and O–H groups in total. The summed E-state index contributed by atoms with van der Waals surface area (Å²) in [7, 11) is 0. The Kier molecular flexibility index (Phi) is 3.95. The van der Waals surface area contributed by atoms with Crippen LogP contribution in [0.25, 0.3) is 16.8 Å². The summed E-state index contributed by atoms with van der Waals surface area (Å²) in [4.78, 5) is 12.5. The van der Waals surface area contributed by atoms with Crippen molar-refractivity contribution in [3.63, 3.8) is 0 Å². The van der Waals surface area contributed by atoms with Crippen LogP contribution >= 0.6 is 11.6 Å². The van der Waals surface area contributed by atoms with Crippen LogP contribution in [0.4, 0.5) is 4.79 Å². The van der Waals surface area contributed by atoms with Gasteiger partial charge in [0.15, 0.2) is 0 Å². The summed E-state index contributed by atoms with van der Waals surface area (Å²) in [6.45, 7) is 2.87. The van der Waals surface area contributed by atoms with E-state index in [4.69, 9.17) is 16.7 Å². The minimum absolute atomic E-state index is 0.0220. The van der Waals surface area contributed by atoms with Crippen molar-refractivity contribution in [3.05, 3.63) is 29.2 Å². The van der Waals surface area contributed by atoms with Gasteiger partial charge in [-0.05, 0) is 25.8 Å². The molecule has 4 heterocycles. The van der Waals surface area contributed by atoms with Gasteiger partial charge in [-0.15, -0.1) is 5.10 Å². The SMILES string of the molecule is Cc1c(-c2cc(O)c3c(Cl)cnn3c2)nnn1C1CCN(C(=O)O)CC1. The number of nitrogens with zero attached hydrogens (tertiary/aromatic N) is 6. The van der Waals surface area contributed by atoms with Crippen LogP contribution in [0.15, 0.2) is 18.5 Å². The van der Waals surface area contributed by atoms with E-state index in [1.807, 2.05) is 11.6 Å². The van der Waals surface area contributed by atoms with Gasteiger partial charge in [-0.3, -0.25) is 0 Å². The Hall–Kier alpha value is -2.81. The molecule has 1 fully saturated rings. The first-order chi connectivity index (χ1) is 12.5. The lowest BCUT2D eigenvalue weighted by atomic mass is 10.0. The molecular formula is C16H17ClN6O3. The average Bonchev–Trinajstić information content (AvgIpc) is 3.18. The van der Waals surface area contributed by atoms with Gasteiger partial charge in [-0.1, -0.05) is 16.8 Å². The number of hydrogen-bond donors (Lipinski definition) is 2. The monoisotopic (exact) mass is 376 g/mol. The standard InChI is InChI=1S/C16H17ClN6O3/c1-9-14(10-6-13(24)15-12(17)7-18-22(15)8-10)19-20-23(9)11-2-4-21(5-3-11)16(25)26/h6-8,11,24H,2-5H2,1H3,(H,25,26). The fourth-order valence-electron chi connectivity index (χ4n) is 3.45. The number of likely N-dealkylation sites (tertiary alicyclic amines) is 1. The predicted molar refractivity (Wildman–Crippen MR) is 93.5 cm³/mol. The minimum atomic E-state index is -0.888. The van der Waals surface area contributed by atoms with E-state index in [0.29, 0.717) is 47.7 Å². The Morgan fingerprint density at radius 2 is 2.08 bits per heavy atom. The fourth-order valence-corrected chi connectivity index (χ4v) is 3.68. The van der Waals surface area contributed by atoms with Crippen molar-refractivity contribution in [2.75, 3.05) is 13.1 Å². The number of aromatic hydroxyl groups is 1. The Labute approximate surface area is 153 Å². The molecule has 0 unspecified atom stereocenters. The van der Waals surface area contributed by atoms with Crippen LogP contribution in [0.5, 0.6) is 5.75 Å². The molecule has 0 spiro atoms. The number of halogens is 1. The van der Waals surface area contributed by atoms with E-state index in [-0.39, 0.29) is 11.8 Å². The predicted octanol–water partition coefficient (Wildman–Crippen LogP) is 2.58. The summed E-state index contributed by atoms with van der Waals surface area (Å²) in [5, 5.41) is 32.3. The van der Waals surface area contributed by atoms with Crippen molar-refractivity contribution in [1.29, 1.82) is 0 Å². The lowest BCUT2D eigenvalue weighted by molar-refractivity contribution is 0.123. The maximum atomic E-state index is 11.0. The Bertz CT molecular complexity index is 989. The number of carbonyl (C=O) groups is 1. The molecule has 0 aliphatic carbocycles. The van der Waals surface area contributed by atoms with Crippen molar-refractivity contribution in [2.45, 2.75) is 25.8 Å². The number of amides is 1. The van der Waals surface area contributed by atoms with Crippen molar-refractivity contribution in [3.8, 4) is 17.0 Å². The van der Waals surface area contributed by atoms with Gasteiger partial charge in [0.2, 0.25) is 0 Å². The molecule has 0 atom stereocenters. The molecule has 0 saturated carbocycles. The second-order valence-corrected chi connectivity index (χ2v) is 6.78. The van der Waals surface area contributed by atoms with Gasteiger partial charge in [0.05, 0.1) is 23.0 Å². The Morgan fingerprint density at radius 3 is 2.77 bits per heavy atom. The first kappa shape index (κ1) is 16.6. The van der Waals surface area contributed by atoms with Crippen molar-refractivity contribution in [1.82, 2.24) is 29.5 Å². The third-order valence-corrected chi connectivity index (χ3v) is 5.11. The molecule has 3 aromatic heterocycles. The largest absolute Gasteiger partial charge is 0.506 e. The zero-order chi connectivity index (χ0) is 18.4. The van der Waals surface area contributed by atoms with Crippen LogP contribution in [0.3, 0.4) is 0 Å². The molecule has 0 radical (unpaired) electrons. The first-order valence-electron chi connectivity index (χ1n) is 8.21. The van der Waals surface area contributed by atoms with Gasteiger partial charge >= 0.3 is 6.09 Å². The molecule has 26 heavy (non-hydrogen) atoms. The fraction of sp³-hybridized carbons (Fsp3) is 0.375. The van der Waals surface area contributed by atoms with Crippen LogP contribution in [0.2, 0.25) is 5.02 Å². The summed E-state index contributed by atoms with van der Waals surface area (Å²) < 4.78 is 3.35. The molecule has 1 aliphatic heterocycles. The molecule has 0 bridgehead atoms. The quantitative estimate of drug-likeness (QED) is 0.711. The highest BCUT2D eigenvalue weighted by Gasteiger charge is 2.26. The highest BCUT2D eigenvalue weighted by atomic mass is 35.5. The molecule has 10 heteroatoms. The summed E-state index contributed by atoms with van der Waals surface area (Å²) in [5.41, 5.74) is 2.63. The van der Waals surface area contributed by atoms with Crippen LogP contribution in [0.1, 0.15) is 24.6 Å². The molecule has 1 amide bonds. The second-order valence-electron chi connectivity index (χ2n) is 6.37. The van der Waals surface area contributed by atoms with Gasteiger partial charge in [0, 0.05) is 24.8 Å². The molecule has 1 aliphatic rings. The number of aromatic nitrogens is 5. The van der Waals surface area contributed by atoms with E-state index < -0.39 is 6.09 Å². The second kappa shape index (κ2) is 6.17. The van der Waals surface area contributed by atoms with E-state index in [0.717, 1.165) is 5.69 Å². The van der Waals surface area contributed by atoms with Crippen molar-refractivity contribution < 1.29 is 15.0 Å². The number of fused-ring (bicyclic) bond motifs is 1. The molecule has 9 nitrogen and oxygen atoms in total. The van der Waals surface area contributed by atoms with Crippen LogP contribution in [0, 0.1) is 6.92 Å². The molecular weight excluding hydrogens is 360 g/mol. The number of hydrogen-bond acceptors (Lipinski definition) is 5. The number of carboxylic acid groups (broad SMARTS) is 1. The molecule has 0 aromatic carbocycles. The molecule has 4 rings (SSSR count). The minimum Gasteiger partial charge on any atom is -0.506 e. The normalized spacial score (nSPS) is 15.7. The maximum Gasteiger partial charge on any atom is 0.407 e. The van der Waals surface area contributed by atoms with Gasteiger partial charge in [0.25, 0.3) is 0 Å². The molecule has 136 valence electrons. The number of piperidine rings is 1. The summed E-state index contributed by atoms with van der Waals surface area (Å²) in [6, 6.07) is 1.69. The zero-order valence-electron chi connectivity index (χ0n) is 14.0. The molecule has 1 saturated heterocycles. The van der Waals surface area contributed by atoms with Crippen molar-refractivity contribution >= 4 is 23.2 Å². The van der Waals surface area contributed by atoms with Gasteiger partial charge in [-0.2, -0.15) is 5.10 Å². The average molecular weight is 377 g/mol. The van der Waals surface area contributed by atoms with E-state index in [1.54, 1.807) is 12.3 Å². The Balaban J connectivity index is 1.65. The third-order valence-electron chi connectivity index (χ3n) is 4.83. The van der Waals surface area contributed by atoms with E-state index >= 15 is 0 Å². The summed E-state index contributed by atoms with van der Waals surface area (Å²) in [5.74, 6) is 0.0220. The first-order valence-corrected chi connectivity index (χ1v) is 8.59. The van der Waals surface area contributed by atoms with E-state index in [9.17, 15) is 9.90 Å². The van der Waals surface area contributed by atoms with E-state index in [2.05, 4.69) is 15.4 Å². The third kappa shape index (κ3) is 2.64. The van der Waals surface area contributed by atoms with Gasteiger partial charge in [0.1, 0.15) is 17.0 Å². The zero-order valence-corrected chi connectivity index (χ0v) is 14.8. The lowest BCUT2D eigenvalue weighted by Gasteiger charge is -2.30. The highest BCUT2D eigenvalue weighted by molar-refractivity contribution is 6.34. The van der Waals surface area contributed by atoms with Crippen LogP contribution in [-0.2, 0) is 0 Å². The van der Waals surface area contributed by atoms with Crippen LogP contribution < -0.4 is 0 Å². The topological polar surface area (TPSA) is 109 Å². The maximum absolute atomic E-state index is 11.0. The summed E-state index contributed by atoms with van der Waals surface area (Å²) >= 11 is 6.03. The van der Waals surface area contributed by atoms with Crippen molar-refractivity contribution in [2.24, 2.45) is 0 Å². The molecule has 3 aromatic rings. The summed E-state index contributed by atoms with van der Waals surface area (Å²) in [6.07, 6.45) is 3.71. The smallest absolute Gasteiger partial charge is 0.407 e. The Morgan fingerprint density at radius 1 is 1.35 bits per heavy atom. The van der Waals surface area contributed by atoms with Crippen LogP contribution in [-0.4, -0.2) is 58.9 Å². The lowest BCUT2D eigenvalue weighted by Crippen LogP contribution is -2.38. The number of pyridine rings is 1.